The summed E-state index contributed by atoms with van der Waals surface area (Å²) in [7, 11) is 0. The zero-order valence-electron chi connectivity index (χ0n) is 15.1. The molecule has 1 unspecified atom stereocenters. The van der Waals surface area contributed by atoms with Gasteiger partial charge < -0.3 is 15.0 Å². The molecule has 3 saturated heterocycles. The Bertz CT molecular complexity index is 572. The van der Waals surface area contributed by atoms with Crippen LogP contribution in [0.1, 0.15) is 56.4 Å². The van der Waals surface area contributed by atoms with E-state index in [9.17, 15) is 4.79 Å². The molecule has 1 aromatic carbocycles. The first-order chi connectivity index (χ1) is 12.3. The van der Waals surface area contributed by atoms with E-state index in [1.165, 1.54) is 63.6 Å². The van der Waals surface area contributed by atoms with E-state index in [4.69, 9.17) is 4.74 Å². The largest absolute Gasteiger partial charge is 0.484 e. The van der Waals surface area contributed by atoms with Crippen molar-refractivity contribution in [2.45, 2.75) is 56.9 Å². The van der Waals surface area contributed by atoms with Gasteiger partial charge in [0.15, 0.2) is 6.61 Å². The fraction of sp³-hybridized carbons (Fsp3) is 0.667. The second-order valence-corrected chi connectivity index (χ2v) is 8.00. The molecule has 25 heavy (non-hydrogen) atoms. The Hall–Kier alpha value is -1.55. The van der Waals surface area contributed by atoms with Gasteiger partial charge in [-0.25, -0.2) is 0 Å². The molecule has 3 heterocycles. The number of carbonyl (C=O) groups excluding carboxylic acids is 1. The van der Waals surface area contributed by atoms with Crippen LogP contribution in [0.4, 0.5) is 0 Å². The van der Waals surface area contributed by atoms with Gasteiger partial charge in [-0.05, 0) is 68.3 Å². The Morgan fingerprint density at radius 3 is 2.40 bits per heavy atom. The van der Waals surface area contributed by atoms with E-state index in [1.54, 1.807) is 0 Å². The first-order valence-electron chi connectivity index (χ1n) is 10.0. The summed E-state index contributed by atoms with van der Waals surface area (Å²) < 4.78 is 5.71. The second kappa shape index (κ2) is 7.77. The lowest BCUT2D eigenvalue weighted by Crippen LogP contribution is -2.57. The molecule has 4 fully saturated rings. The van der Waals surface area contributed by atoms with Crippen LogP contribution in [0.5, 0.6) is 5.75 Å². The zero-order valence-corrected chi connectivity index (χ0v) is 15.1. The van der Waals surface area contributed by atoms with E-state index < -0.39 is 0 Å². The van der Waals surface area contributed by atoms with Crippen molar-refractivity contribution in [1.29, 1.82) is 0 Å². The smallest absolute Gasteiger partial charge is 0.258 e. The topological polar surface area (TPSA) is 41.6 Å². The van der Waals surface area contributed by atoms with Crippen molar-refractivity contribution >= 4 is 5.91 Å². The van der Waals surface area contributed by atoms with E-state index >= 15 is 0 Å². The number of nitrogens with one attached hydrogen (secondary N) is 1. The maximum Gasteiger partial charge on any atom is 0.258 e. The molecule has 0 radical (unpaired) electrons. The number of amides is 1. The van der Waals surface area contributed by atoms with Gasteiger partial charge in [-0.15, -0.1) is 0 Å². The Morgan fingerprint density at radius 2 is 1.76 bits per heavy atom. The summed E-state index contributed by atoms with van der Waals surface area (Å²) >= 11 is 0. The summed E-state index contributed by atoms with van der Waals surface area (Å²) in [6, 6.07) is 8.71. The van der Waals surface area contributed by atoms with Gasteiger partial charge >= 0.3 is 0 Å². The lowest BCUT2D eigenvalue weighted by Gasteiger charge is -2.44. The minimum absolute atomic E-state index is 0.00936. The molecule has 136 valence electrons. The SMILES string of the molecule is O=C(COc1ccc(C2CCCCC2)cc1)NC1CN2CCC1CC2. The number of nitrogens with zero attached hydrogens (tertiary/aromatic N) is 1. The molecule has 0 spiro atoms. The van der Waals surface area contributed by atoms with Gasteiger partial charge in [-0.2, -0.15) is 0 Å². The molecule has 1 amide bonds. The van der Waals surface area contributed by atoms with Crippen molar-refractivity contribution in [2.75, 3.05) is 26.2 Å². The second-order valence-electron chi connectivity index (χ2n) is 8.00. The first-order valence-corrected chi connectivity index (χ1v) is 10.0. The standard InChI is InChI=1S/C21H30N2O2/c24-21(22-20-14-23-12-10-18(20)11-13-23)15-25-19-8-6-17(7-9-19)16-4-2-1-3-5-16/h6-9,16,18,20H,1-5,10-15H2,(H,22,24). The van der Waals surface area contributed by atoms with Crippen LogP contribution in [-0.2, 0) is 4.79 Å². The number of hydrogen-bond donors (Lipinski definition) is 1. The molecule has 0 aromatic heterocycles. The third-order valence-corrected chi connectivity index (χ3v) is 6.33. The van der Waals surface area contributed by atoms with Gasteiger partial charge in [-0.1, -0.05) is 31.4 Å². The lowest BCUT2D eigenvalue weighted by atomic mass is 9.84. The Kier molecular flexibility index (Phi) is 5.25. The van der Waals surface area contributed by atoms with Crippen LogP contribution in [0, 0.1) is 5.92 Å². The summed E-state index contributed by atoms with van der Waals surface area (Å²) in [5.41, 5.74) is 1.42. The first kappa shape index (κ1) is 16.9. The molecular weight excluding hydrogens is 312 g/mol. The molecule has 1 saturated carbocycles. The third kappa shape index (κ3) is 4.17. The number of piperidine rings is 3. The highest BCUT2D eigenvalue weighted by Crippen LogP contribution is 2.33. The monoisotopic (exact) mass is 342 g/mol. The summed E-state index contributed by atoms with van der Waals surface area (Å²) in [6.45, 7) is 3.51. The van der Waals surface area contributed by atoms with Crippen molar-refractivity contribution < 1.29 is 9.53 Å². The van der Waals surface area contributed by atoms with Crippen molar-refractivity contribution in [3.8, 4) is 5.75 Å². The van der Waals surface area contributed by atoms with Crippen LogP contribution in [0.3, 0.4) is 0 Å². The molecule has 4 aliphatic rings. The average molecular weight is 342 g/mol. The lowest BCUT2D eigenvalue weighted by molar-refractivity contribution is -0.125. The van der Waals surface area contributed by atoms with E-state index in [0.717, 1.165) is 12.3 Å². The van der Waals surface area contributed by atoms with Crippen LogP contribution in [0.2, 0.25) is 0 Å². The van der Waals surface area contributed by atoms with Crippen molar-refractivity contribution in [1.82, 2.24) is 10.2 Å². The fourth-order valence-electron chi connectivity index (χ4n) is 4.80. The van der Waals surface area contributed by atoms with Gasteiger partial charge in [0.25, 0.3) is 5.91 Å². The van der Waals surface area contributed by atoms with Crippen LogP contribution in [-0.4, -0.2) is 43.1 Å². The molecule has 1 aliphatic carbocycles. The number of fused-ring (bicyclic) bond motifs is 3. The highest BCUT2D eigenvalue weighted by Gasteiger charge is 2.34. The van der Waals surface area contributed by atoms with E-state index in [0.29, 0.717) is 17.9 Å². The molecule has 1 N–H and O–H groups in total. The number of carbonyl (C=O) groups is 1. The maximum absolute atomic E-state index is 12.2. The summed E-state index contributed by atoms with van der Waals surface area (Å²) in [4.78, 5) is 14.7. The van der Waals surface area contributed by atoms with Gasteiger partial charge in [0, 0.05) is 12.6 Å². The maximum atomic E-state index is 12.2. The molecular formula is C21H30N2O2. The molecule has 2 bridgehead atoms. The van der Waals surface area contributed by atoms with Gasteiger partial charge in [0.2, 0.25) is 0 Å². The molecule has 1 aromatic rings. The van der Waals surface area contributed by atoms with Crippen LogP contribution in [0.25, 0.3) is 0 Å². The van der Waals surface area contributed by atoms with Gasteiger partial charge in [0.05, 0.1) is 0 Å². The predicted molar refractivity (Wildman–Crippen MR) is 98.9 cm³/mol. The summed E-state index contributed by atoms with van der Waals surface area (Å²) in [6.07, 6.45) is 9.13. The molecule has 5 rings (SSSR count). The number of rotatable bonds is 5. The predicted octanol–water partition coefficient (Wildman–Crippen LogP) is 3.32. The zero-order chi connectivity index (χ0) is 17.1. The number of hydrogen-bond acceptors (Lipinski definition) is 3. The summed E-state index contributed by atoms with van der Waals surface area (Å²) in [5, 5.41) is 3.18. The average Bonchev–Trinajstić information content (AvgIpc) is 2.68. The molecule has 3 aliphatic heterocycles. The highest BCUT2D eigenvalue weighted by atomic mass is 16.5. The fourth-order valence-corrected chi connectivity index (χ4v) is 4.80. The quantitative estimate of drug-likeness (QED) is 0.892. The molecule has 4 nitrogen and oxygen atoms in total. The van der Waals surface area contributed by atoms with Crippen LogP contribution < -0.4 is 10.1 Å². The Morgan fingerprint density at radius 1 is 1.04 bits per heavy atom. The summed E-state index contributed by atoms with van der Waals surface area (Å²) in [5.74, 6) is 2.17. The molecule has 1 atom stereocenters. The van der Waals surface area contributed by atoms with Gasteiger partial charge in [-0.3, -0.25) is 4.79 Å². The Labute approximate surface area is 150 Å². The molecule has 4 heteroatoms. The normalized spacial score (nSPS) is 29.4. The van der Waals surface area contributed by atoms with Crippen molar-refractivity contribution in [3.05, 3.63) is 29.8 Å². The number of ether oxygens (including phenoxy) is 1. The number of benzene rings is 1. The van der Waals surface area contributed by atoms with Crippen LogP contribution in [0.15, 0.2) is 24.3 Å². The van der Waals surface area contributed by atoms with E-state index in [2.05, 4.69) is 22.3 Å². The van der Waals surface area contributed by atoms with Gasteiger partial charge in [0.1, 0.15) is 5.75 Å². The van der Waals surface area contributed by atoms with E-state index in [1.807, 2.05) is 12.1 Å². The van der Waals surface area contributed by atoms with Crippen molar-refractivity contribution in [2.24, 2.45) is 5.92 Å². The van der Waals surface area contributed by atoms with Crippen molar-refractivity contribution in [3.63, 3.8) is 0 Å². The highest BCUT2D eigenvalue weighted by molar-refractivity contribution is 5.78. The van der Waals surface area contributed by atoms with Crippen LogP contribution >= 0.6 is 0 Å². The van der Waals surface area contributed by atoms with E-state index in [-0.39, 0.29) is 12.5 Å². The minimum Gasteiger partial charge on any atom is -0.484 e. The minimum atomic E-state index is 0.00936. The Balaban J connectivity index is 1.24. The third-order valence-electron chi connectivity index (χ3n) is 6.33.